The topological polar surface area (TPSA) is 81.9 Å². The van der Waals surface area contributed by atoms with Crippen LogP contribution in [0.25, 0.3) is 22.1 Å². The van der Waals surface area contributed by atoms with E-state index in [2.05, 4.69) is 50.2 Å². The second kappa shape index (κ2) is 7.26. The van der Waals surface area contributed by atoms with Crippen molar-refractivity contribution in [2.75, 3.05) is 5.32 Å². The van der Waals surface area contributed by atoms with Gasteiger partial charge in [0.1, 0.15) is 11.3 Å². The fourth-order valence-electron chi connectivity index (χ4n) is 3.21. The molecule has 4 aromatic rings. The van der Waals surface area contributed by atoms with Crippen LogP contribution in [-0.4, -0.2) is 31.8 Å². The summed E-state index contributed by atoms with van der Waals surface area (Å²) < 4.78 is 7.72. The number of carbonyl (C=O) groups excluding carboxylic acids is 1. The maximum Gasteiger partial charge on any atom is 0.267 e. The van der Waals surface area contributed by atoms with Gasteiger partial charge < -0.3 is 9.30 Å². The smallest absolute Gasteiger partial charge is 0.267 e. The number of amides is 1. The Morgan fingerprint density at radius 1 is 1.18 bits per heavy atom. The molecule has 0 saturated carbocycles. The van der Waals surface area contributed by atoms with Gasteiger partial charge in [-0.3, -0.25) is 10.1 Å². The van der Waals surface area contributed by atoms with E-state index in [1.807, 2.05) is 25.1 Å². The molecule has 2 aromatic heterocycles. The number of carbonyl (C=O) groups is 1. The monoisotopic (exact) mass is 375 g/mol. The Kier molecular flexibility index (Phi) is 4.65. The summed E-state index contributed by atoms with van der Waals surface area (Å²) in [6.45, 7) is 6.51. The van der Waals surface area contributed by atoms with E-state index in [9.17, 15) is 4.79 Å². The van der Waals surface area contributed by atoms with Crippen molar-refractivity contribution in [2.24, 2.45) is 0 Å². The Bertz CT molecular complexity index is 1150. The van der Waals surface area contributed by atoms with E-state index in [4.69, 9.17) is 4.74 Å². The molecule has 4 rings (SSSR count). The number of nitrogens with one attached hydrogen (secondary N) is 1. The van der Waals surface area contributed by atoms with E-state index in [1.54, 1.807) is 19.1 Å². The molecule has 1 amide bonds. The molecule has 0 fully saturated rings. The molecule has 0 saturated heterocycles. The van der Waals surface area contributed by atoms with Crippen molar-refractivity contribution in [1.29, 1.82) is 0 Å². The van der Waals surface area contributed by atoms with Gasteiger partial charge in [0.25, 0.3) is 11.9 Å². The predicted octanol–water partition coefficient (Wildman–Crippen LogP) is 3.71. The number of hydrogen-bond acceptors (Lipinski definition) is 5. The minimum absolute atomic E-state index is 0.162. The molecule has 0 spiro atoms. The second-order valence-electron chi connectivity index (χ2n) is 6.63. The molecule has 7 heteroatoms. The highest BCUT2D eigenvalue weighted by atomic mass is 16.5. The molecule has 7 nitrogen and oxygen atoms in total. The molecule has 1 atom stereocenters. The summed E-state index contributed by atoms with van der Waals surface area (Å²) in [4.78, 5) is 17.0. The highest BCUT2D eigenvalue weighted by Gasteiger charge is 2.18. The van der Waals surface area contributed by atoms with Crippen LogP contribution in [0.1, 0.15) is 19.4 Å². The summed E-state index contributed by atoms with van der Waals surface area (Å²) in [7, 11) is 0. The summed E-state index contributed by atoms with van der Waals surface area (Å²) in [6, 6.07) is 15.4. The predicted molar refractivity (Wildman–Crippen MR) is 108 cm³/mol. The fourth-order valence-corrected chi connectivity index (χ4v) is 3.21. The molecule has 2 heterocycles. The molecule has 1 unspecified atom stereocenters. The first-order chi connectivity index (χ1) is 13.6. The van der Waals surface area contributed by atoms with Crippen molar-refractivity contribution in [3.63, 3.8) is 0 Å². The number of fused-ring (bicyclic) bond motifs is 3. The lowest BCUT2D eigenvalue weighted by atomic mass is 10.2. The van der Waals surface area contributed by atoms with Crippen molar-refractivity contribution in [2.45, 2.75) is 33.4 Å². The van der Waals surface area contributed by atoms with Gasteiger partial charge in [-0.2, -0.15) is 4.98 Å². The average Bonchev–Trinajstić information content (AvgIpc) is 3.00. The number of hydrogen-bond donors (Lipinski definition) is 1. The first-order valence-corrected chi connectivity index (χ1v) is 9.22. The Hall–Kier alpha value is -3.48. The lowest BCUT2D eigenvalue weighted by Crippen LogP contribution is -2.31. The molecule has 0 aliphatic carbocycles. The van der Waals surface area contributed by atoms with Gasteiger partial charge in [-0.05, 0) is 45.0 Å². The minimum Gasteiger partial charge on any atom is -0.481 e. The zero-order valence-electron chi connectivity index (χ0n) is 16.0. The summed E-state index contributed by atoms with van der Waals surface area (Å²) in [6.07, 6.45) is -0.693. The van der Waals surface area contributed by atoms with Crippen LogP contribution in [0.3, 0.4) is 0 Å². The third-order valence-electron chi connectivity index (χ3n) is 4.60. The van der Waals surface area contributed by atoms with Crippen LogP contribution in [0.4, 0.5) is 5.95 Å². The van der Waals surface area contributed by atoms with Crippen LogP contribution in [0.2, 0.25) is 0 Å². The van der Waals surface area contributed by atoms with E-state index >= 15 is 0 Å². The molecular weight excluding hydrogens is 354 g/mol. The maximum absolute atomic E-state index is 12.5. The van der Waals surface area contributed by atoms with Gasteiger partial charge in [0.15, 0.2) is 11.8 Å². The summed E-state index contributed by atoms with van der Waals surface area (Å²) >= 11 is 0. The molecule has 0 bridgehead atoms. The number of para-hydroxylation sites is 1. The Morgan fingerprint density at radius 3 is 2.71 bits per heavy atom. The van der Waals surface area contributed by atoms with Crippen LogP contribution in [0.15, 0.2) is 48.5 Å². The zero-order chi connectivity index (χ0) is 19.7. The van der Waals surface area contributed by atoms with Gasteiger partial charge in [-0.15, -0.1) is 10.2 Å². The van der Waals surface area contributed by atoms with Gasteiger partial charge in [0.2, 0.25) is 0 Å². The van der Waals surface area contributed by atoms with E-state index in [0.717, 1.165) is 28.5 Å². The number of ether oxygens (including phenoxy) is 1. The van der Waals surface area contributed by atoms with Crippen molar-refractivity contribution in [3.8, 4) is 5.75 Å². The number of aryl methyl sites for hydroxylation is 2. The van der Waals surface area contributed by atoms with E-state index in [1.165, 1.54) is 0 Å². The molecule has 0 aliphatic rings. The van der Waals surface area contributed by atoms with Crippen LogP contribution >= 0.6 is 0 Å². The van der Waals surface area contributed by atoms with Crippen molar-refractivity contribution in [3.05, 3.63) is 54.1 Å². The van der Waals surface area contributed by atoms with Gasteiger partial charge in [-0.1, -0.05) is 29.8 Å². The third-order valence-corrected chi connectivity index (χ3v) is 4.60. The molecule has 0 aliphatic heterocycles. The van der Waals surface area contributed by atoms with Gasteiger partial charge in [0, 0.05) is 11.9 Å². The fraction of sp³-hybridized carbons (Fsp3) is 0.238. The number of anilines is 1. The van der Waals surface area contributed by atoms with E-state index in [0.29, 0.717) is 11.4 Å². The molecular formula is C21H21N5O2. The van der Waals surface area contributed by atoms with E-state index in [-0.39, 0.29) is 11.9 Å². The number of aromatic nitrogens is 4. The largest absolute Gasteiger partial charge is 0.481 e. The van der Waals surface area contributed by atoms with Crippen molar-refractivity contribution in [1.82, 2.24) is 19.7 Å². The lowest BCUT2D eigenvalue weighted by molar-refractivity contribution is -0.122. The molecule has 0 radical (unpaired) electrons. The Labute approximate surface area is 162 Å². The Balaban J connectivity index is 1.62. The molecule has 28 heavy (non-hydrogen) atoms. The van der Waals surface area contributed by atoms with Crippen molar-refractivity contribution < 1.29 is 9.53 Å². The zero-order valence-corrected chi connectivity index (χ0v) is 16.0. The van der Waals surface area contributed by atoms with E-state index < -0.39 is 6.10 Å². The minimum atomic E-state index is -0.693. The first kappa shape index (κ1) is 17.9. The quantitative estimate of drug-likeness (QED) is 0.575. The van der Waals surface area contributed by atoms with Gasteiger partial charge >= 0.3 is 0 Å². The standard InChI is InChI=1S/C21H21N5O2/c1-4-26-17-11-10-13(2)12-16(17)18-19(26)22-21(25-24-18)23-20(27)14(3)28-15-8-6-5-7-9-15/h5-12,14H,4H2,1-3H3,(H,22,23,25,27). The van der Waals surface area contributed by atoms with Crippen LogP contribution < -0.4 is 10.1 Å². The average molecular weight is 375 g/mol. The second-order valence-corrected chi connectivity index (χ2v) is 6.63. The number of rotatable bonds is 5. The summed E-state index contributed by atoms with van der Waals surface area (Å²) in [5.74, 6) is 0.455. The SMILES string of the molecule is CCn1c2ccc(C)cc2c2nnc(NC(=O)C(C)Oc3ccccc3)nc21. The molecule has 1 N–H and O–H groups in total. The lowest BCUT2D eigenvalue weighted by Gasteiger charge is -2.13. The summed E-state index contributed by atoms with van der Waals surface area (Å²) in [5.41, 5.74) is 3.63. The highest BCUT2D eigenvalue weighted by molar-refractivity contribution is 6.04. The highest BCUT2D eigenvalue weighted by Crippen LogP contribution is 2.27. The van der Waals surface area contributed by atoms with Crippen LogP contribution in [0, 0.1) is 6.92 Å². The first-order valence-electron chi connectivity index (χ1n) is 9.22. The summed E-state index contributed by atoms with van der Waals surface area (Å²) in [5, 5.41) is 12.1. The number of nitrogens with zero attached hydrogens (tertiary/aromatic N) is 4. The Morgan fingerprint density at radius 2 is 1.96 bits per heavy atom. The number of benzene rings is 2. The van der Waals surface area contributed by atoms with Gasteiger partial charge in [-0.25, -0.2) is 0 Å². The van der Waals surface area contributed by atoms with Crippen LogP contribution in [-0.2, 0) is 11.3 Å². The van der Waals surface area contributed by atoms with Crippen molar-refractivity contribution >= 4 is 33.9 Å². The molecule has 2 aromatic carbocycles. The normalized spacial score (nSPS) is 12.2. The third kappa shape index (κ3) is 3.26. The van der Waals surface area contributed by atoms with Gasteiger partial charge in [0.05, 0.1) is 5.52 Å². The van der Waals surface area contributed by atoms with Crippen LogP contribution in [0.5, 0.6) is 5.75 Å². The molecule has 142 valence electrons. The maximum atomic E-state index is 12.5.